The Morgan fingerprint density at radius 3 is 2.44 bits per heavy atom. The third kappa shape index (κ3) is 5.67. The van der Waals surface area contributed by atoms with Crippen molar-refractivity contribution in [3.8, 4) is 5.75 Å². The molecule has 2 rings (SSSR count). The van der Waals surface area contributed by atoms with Crippen LogP contribution in [-0.4, -0.2) is 62.8 Å². The van der Waals surface area contributed by atoms with Gasteiger partial charge in [0, 0.05) is 33.1 Å². The molecule has 0 bridgehead atoms. The average Bonchev–Trinajstić information content (AvgIpc) is 2.62. The topological polar surface area (TPSA) is 79.0 Å². The number of carbonyl (C=O) groups is 1. The van der Waals surface area contributed by atoms with Crippen molar-refractivity contribution in [1.29, 1.82) is 0 Å². The second kappa shape index (κ2) is 9.03. The molecule has 0 spiro atoms. The molecule has 1 saturated heterocycles. The van der Waals surface area contributed by atoms with Gasteiger partial charge in [-0.15, -0.1) is 0 Å². The fourth-order valence-electron chi connectivity index (χ4n) is 3.01. The Morgan fingerprint density at radius 1 is 1.26 bits per heavy atom. The summed E-state index contributed by atoms with van der Waals surface area (Å²) < 4.78 is 32.7. The summed E-state index contributed by atoms with van der Waals surface area (Å²) in [5.74, 6) is 0.595. The summed E-state index contributed by atoms with van der Waals surface area (Å²) in [6, 6.07) is 5.81. The maximum absolute atomic E-state index is 12.5. The summed E-state index contributed by atoms with van der Waals surface area (Å²) in [6.07, 6.45) is 1.06. The zero-order chi connectivity index (χ0) is 20.2. The predicted octanol–water partition coefficient (Wildman–Crippen LogP) is 1.71. The number of aryl methyl sites for hydroxylation is 2. The van der Waals surface area contributed by atoms with Crippen molar-refractivity contribution in [2.75, 3.05) is 33.8 Å². The second-order valence-corrected chi connectivity index (χ2v) is 9.57. The van der Waals surface area contributed by atoms with Gasteiger partial charge >= 0.3 is 0 Å². The van der Waals surface area contributed by atoms with E-state index >= 15 is 0 Å². The molecule has 1 aliphatic heterocycles. The summed E-state index contributed by atoms with van der Waals surface area (Å²) in [4.78, 5) is 12.5. The van der Waals surface area contributed by atoms with Crippen LogP contribution in [0.1, 0.15) is 30.9 Å². The number of rotatable bonds is 7. The van der Waals surface area contributed by atoms with Crippen molar-refractivity contribution in [2.45, 2.75) is 39.7 Å². The van der Waals surface area contributed by atoms with Gasteiger partial charge in [-0.1, -0.05) is 6.07 Å². The summed E-state index contributed by atoms with van der Waals surface area (Å²) in [5.41, 5.74) is 2.38. The van der Waals surface area contributed by atoms with Crippen LogP contribution < -0.4 is 10.1 Å². The molecule has 1 N–H and O–H groups in total. The number of nitrogens with one attached hydrogen (secondary N) is 1. The van der Waals surface area contributed by atoms with Gasteiger partial charge in [-0.2, -0.15) is 17.0 Å². The Balaban J connectivity index is 1.79. The van der Waals surface area contributed by atoms with Gasteiger partial charge in [0.25, 0.3) is 10.2 Å². The molecule has 1 aliphatic rings. The van der Waals surface area contributed by atoms with Crippen molar-refractivity contribution in [3.05, 3.63) is 29.3 Å². The first kappa shape index (κ1) is 21.7. The van der Waals surface area contributed by atoms with Crippen LogP contribution in [0, 0.1) is 19.8 Å². The Labute approximate surface area is 162 Å². The lowest BCUT2D eigenvalue weighted by molar-refractivity contribution is -0.126. The molecule has 27 heavy (non-hydrogen) atoms. The minimum Gasteiger partial charge on any atom is -0.491 e. The Morgan fingerprint density at radius 2 is 1.89 bits per heavy atom. The average molecular weight is 398 g/mol. The second-order valence-electron chi connectivity index (χ2n) is 7.43. The maximum Gasteiger partial charge on any atom is 0.281 e. The van der Waals surface area contributed by atoms with Crippen molar-refractivity contribution in [3.63, 3.8) is 0 Å². The first-order chi connectivity index (χ1) is 12.6. The molecule has 8 heteroatoms. The van der Waals surface area contributed by atoms with Crippen LogP contribution in [0.2, 0.25) is 0 Å². The fraction of sp³-hybridized carbons (Fsp3) is 0.632. The van der Waals surface area contributed by atoms with Gasteiger partial charge in [-0.25, -0.2) is 0 Å². The minimum absolute atomic E-state index is 0.0342. The van der Waals surface area contributed by atoms with E-state index in [0.29, 0.717) is 32.5 Å². The van der Waals surface area contributed by atoms with Crippen molar-refractivity contribution in [1.82, 2.24) is 13.9 Å². The molecular formula is C19H31N3O4S. The number of benzene rings is 1. The number of nitrogens with zero attached hydrogens (tertiary/aromatic N) is 2. The van der Waals surface area contributed by atoms with Gasteiger partial charge in [-0.05, 0) is 56.9 Å². The van der Waals surface area contributed by atoms with E-state index in [1.165, 1.54) is 33.8 Å². The third-order valence-electron chi connectivity index (χ3n) is 4.98. The highest BCUT2D eigenvalue weighted by molar-refractivity contribution is 7.86. The molecule has 1 heterocycles. The molecule has 0 unspecified atom stereocenters. The highest BCUT2D eigenvalue weighted by Gasteiger charge is 2.32. The van der Waals surface area contributed by atoms with Gasteiger partial charge in [0.15, 0.2) is 0 Å². The number of piperidine rings is 1. The van der Waals surface area contributed by atoms with Gasteiger partial charge in [0.1, 0.15) is 12.4 Å². The van der Waals surface area contributed by atoms with Gasteiger partial charge in [0.05, 0.1) is 6.04 Å². The van der Waals surface area contributed by atoms with Crippen LogP contribution in [0.3, 0.4) is 0 Å². The number of ether oxygens (including phenoxy) is 1. The molecule has 1 fully saturated rings. The maximum atomic E-state index is 12.5. The quantitative estimate of drug-likeness (QED) is 0.760. The molecule has 0 radical (unpaired) electrons. The molecule has 7 nitrogen and oxygen atoms in total. The molecule has 0 saturated carbocycles. The van der Waals surface area contributed by atoms with E-state index in [0.717, 1.165) is 5.75 Å². The summed E-state index contributed by atoms with van der Waals surface area (Å²) in [7, 11) is -0.365. The van der Waals surface area contributed by atoms with E-state index in [9.17, 15) is 13.2 Å². The first-order valence-corrected chi connectivity index (χ1v) is 10.7. The monoisotopic (exact) mass is 397 g/mol. The van der Waals surface area contributed by atoms with E-state index in [-0.39, 0.29) is 17.9 Å². The lowest BCUT2D eigenvalue weighted by atomic mass is 9.97. The van der Waals surface area contributed by atoms with Crippen LogP contribution in [0.15, 0.2) is 18.2 Å². The highest BCUT2D eigenvalue weighted by atomic mass is 32.2. The van der Waals surface area contributed by atoms with Gasteiger partial charge < -0.3 is 10.1 Å². The van der Waals surface area contributed by atoms with Crippen LogP contribution >= 0.6 is 0 Å². The highest BCUT2D eigenvalue weighted by Crippen LogP contribution is 2.21. The Hall–Kier alpha value is -1.64. The predicted molar refractivity (Wildman–Crippen MR) is 106 cm³/mol. The summed E-state index contributed by atoms with van der Waals surface area (Å²) in [6.45, 7) is 7.12. The Bertz CT molecular complexity index is 756. The first-order valence-electron chi connectivity index (χ1n) is 9.29. The number of amides is 1. The van der Waals surface area contributed by atoms with Crippen molar-refractivity contribution < 1.29 is 17.9 Å². The van der Waals surface area contributed by atoms with E-state index in [4.69, 9.17) is 4.74 Å². The lowest BCUT2D eigenvalue weighted by Crippen LogP contribution is -2.48. The van der Waals surface area contributed by atoms with E-state index in [2.05, 4.69) is 12.2 Å². The van der Waals surface area contributed by atoms with Crippen LogP contribution in [0.5, 0.6) is 5.75 Å². The zero-order valence-electron chi connectivity index (χ0n) is 16.9. The van der Waals surface area contributed by atoms with Gasteiger partial charge in [-0.3, -0.25) is 4.79 Å². The number of carbonyl (C=O) groups excluding carboxylic acids is 1. The fourth-order valence-corrected chi connectivity index (χ4v) is 4.14. The van der Waals surface area contributed by atoms with Crippen LogP contribution in [0.25, 0.3) is 0 Å². The van der Waals surface area contributed by atoms with Crippen molar-refractivity contribution >= 4 is 16.1 Å². The van der Waals surface area contributed by atoms with Crippen molar-refractivity contribution in [2.24, 2.45) is 5.92 Å². The number of hydrogen-bond acceptors (Lipinski definition) is 4. The Kier molecular flexibility index (Phi) is 7.25. The molecule has 1 atom stereocenters. The molecule has 1 aromatic carbocycles. The van der Waals surface area contributed by atoms with E-state index in [1.54, 1.807) is 0 Å². The lowest BCUT2D eigenvalue weighted by Gasteiger charge is -2.32. The molecular weight excluding hydrogens is 366 g/mol. The zero-order valence-corrected chi connectivity index (χ0v) is 17.7. The largest absolute Gasteiger partial charge is 0.491 e. The van der Waals surface area contributed by atoms with E-state index < -0.39 is 10.2 Å². The van der Waals surface area contributed by atoms with Crippen LogP contribution in [0.4, 0.5) is 0 Å². The molecule has 0 aromatic heterocycles. The molecule has 1 aromatic rings. The number of hydrogen-bond donors (Lipinski definition) is 1. The minimum atomic E-state index is -3.40. The van der Waals surface area contributed by atoms with Crippen LogP contribution in [-0.2, 0) is 15.0 Å². The SMILES string of the molecule is Cc1ccc(OC[C@H](C)NC(=O)C2CCN(S(=O)(=O)N(C)C)CC2)cc1C. The third-order valence-corrected chi connectivity index (χ3v) is 6.92. The van der Waals surface area contributed by atoms with E-state index in [1.807, 2.05) is 32.0 Å². The van der Waals surface area contributed by atoms with Gasteiger partial charge in [0.2, 0.25) is 5.91 Å². The molecule has 152 valence electrons. The molecule has 1 amide bonds. The summed E-state index contributed by atoms with van der Waals surface area (Å²) >= 11 is 0. The summed E-state index contributed by atoms with van der Waals surface area (Å²) in [5, 5.41) is 2.98. The molecule has 0 aliphatic carbocycles. The smallest absolute Gasteiger partial charge is 0.281 e. The standard InChI is InChI=1S/C19H31N3O4S/c1-14-6-7-18(12-15(14)2)26-13-16(3)20-19(23)17-8-10-22(11-9-17)27(24,25)21(4)5/h6-7,12,16-17H,8-11,13H2,1-5H3,(H,20,23)/t16-/m0/s1. The normalized spacial score (nSPS) is 17.7.